The average Bonchev–Trinajstić information content (AvgIpc) is 3.08. The number of hydrogen-bond donors (Lipinski definition) is 6. The van der Waals surface area contributed by atoms with Crippen LogP contribution in [0.4, 0.5) is 11.4 Å². The van der Waals surface area contributed by atoms with Crippen LogP contribution in [0.1, 0.15) is 44.7 Å². The lowest BCUT2D eigenvalue weighted by atomic mass is 9.80. The van der Waals surface area contributed by atoms with E-state index in [1.807, 2.05) is 0 Å². The van der Waals surface area contributed by atoms with E-state index >= 15 is 0 Å². The third kappa shape index (κ3) is 7.18. The van der Waals surface area contributed by atoms with Gasteiger partial charge in [0.25, 0.3) is 35.9 Å². The molecule has 6 N–H and O–H groups in total. The molecule has 0 atom stereocenters. The standard InChI is InChI=1S/C33H24N2O16S4/c36-24(37)11-6-12-52(41,42)17-13-21(53(43,44)45)29(22(14-17)54(46,47)48)34-20-15-23(55(49,50)51)30-27-25(18-9-4-5-10-19(18)32(39)26(20)27)28(33(40)35-30)31(38)16-7-2-1-3-8-16/h1-5,7-10,13-15,34H,6,11-12H2,(H,35,40)(H,36,37)(H,43,44,45)(H,46,47,48)(H,49,50,51). The van der Waals surface area contributed by atoms with E-state index in [2.05, 4.69) is 10.3 Å². The number of anilines is 2. The topological polar surface area (TPSA) is 314 Å². The molecule has 1 aliphatic carbocycles. The average molecular weight is 833 g/mol. The Balaban J connectivity index is 1.75. The van der Waals surface area contributed by atoms with Crippen LogP contribution in [0.3, 0.4) is 0 Å². The Morgan fingerprint density at radius 2 is 1.24 bits per heavy atom. The van der Waals surface area contributed by atoms with Crippen molar-refractivity contribution < 1.29 is 66.8 Å². The summed E-state index contributed by atoms with van der Waals surface area (Å²) in [6.45, 7) is 0. The maximum absolute atomic E-state index is 14.3. The fraction of sp³-hybridized carbons (Fsp3) is 0.0909. The molecule has 5 aromatic rings. The fourth-order valence-electron chi connectivity index (χ4n) is 6.18. The van der Waals surface area contributed by atoms with Crippen molar-refractivity contribution in [2.75, 3.05) is 11.1 Å². The molecule has 0 saturated heterocycles. The lowest BCUT2D eigenvalue weighted by Gasteiger charge is -2.26. The van der Waals surface area contributed by atoms with Gasteiger partial charge in [0, 0.05) is 28.5 Å². The molecule has 286 valence electrons. The summed E-state index contributed by atoms with van der Waals surface area (Å²) in [5.74, 6) is -4.24. The SMILES string of the molecule is O=C(O)CCCS(=O)(=O)c1cc(S(=O)(=O)O)c(Nc2cc(S(=O)(=O)O)c3[nH]c(=O)c(C(=O)c4ccccc4)c4c3c2C(=O)c2ccccc2-4)c(S(=O)(=O)O)c1. The minimum Gasteiger partial charge on any atom is -0.481 e. The lowest BCUT2D eigenvalue weighted by molar-refractivity contribution is -0.137. The van der Waals surface area contributed by atoms with E-state index in [1.54, 1.807) is 6.07 Å². The fourth-order valence-corrected chi connectivity index (χ4v) is 9.82. The molecule has 18 nitrogen and oxygen atoms in total. The van der Waals surface area contributed by atoms with Crippen LogP contribution in [0.5, 0.6) is 0 Å². The predicted molar refractivity (Wildman–Crippen MR) is 191 cm³/mol. The number of fused-ring (bicyclic) bond motifs is 2. The number of carbonyl (C=O) groups is 3. The van der Waals surface area contributed by atoms with Gasteiger partial charge in [0.05, 0.1) is 38.7 Å². The number of aliphatic carboxylic acids is 1. The second-order valence-electron chi connectivity index (χ2n) is 12.0. The maximum atomic E-state index is 14.3. The molecule has 0 aliphatic heterocycles. The van der Waals surface area contributed by atoms with Crippen molar-refractivity contribution in [3.8, 4) is 11.1 Å². The third-order valence-corrected chi connectivity index (χ3v) is 12.9. The number of nitrogens with one attached hydrogen (secondary N) is 2. The quantitative estimate of drug-likeness (QED) is 0.0762. The number of carboxylic acid groups (broad SMARTS) is 1. The first kappa shape index (κ1) is 39.1. The van der Waals surface area contributed by atoms with Gasteiger partial charge in [-0.05, 0) is 30.2 Å². The summed E-state index contributed by atoms with van der Waals surface area (Å²) in [5.41, 5.74) is -5.83. The third-order valence-electron chi connectivity index (χ3n) is 8.48. The van der Waals surface area contributed by atoms with Crippen molar-refractivity contribution in [2.24, 2.45) is 0 Å². The normalized spacial score (nSPS) is 13.0. The summed E-state index contributed by atoms with van der Waals surface area (Å²) in [5, 5.41) is 10.6. The number of pyridine rings is 1. The van der Waals surface area contributed by atoms with E-state index < -0.39 is 135 Å². The van der Waals surface area contributed by atoms with Gasteiger partial charge < -0.3 is 15.4 Å². The largest absolute Gasteiger partial charge is 0.481 e. The first-order valence-electron chi connectivity index (χ1n) is 15.3. The van der Waals surface area contributed by atoms with Gasteiger partial charge in [-0.1, -0.05) is 54.6 Å². The van der Waals surface area contributed by atoms with Crippen LogP contribution in [0, 0.1) is 0 Å². The molecule has 0 spiro atoms. The van der Waals surface area contributed by atoms with Gasteiger partial charge in [0.1, 0.15) is 14.7 Å². The van der Waals surface area contributed by atoms with Gasteiger partial charge >= 0.3 is 5.97 Å². The number of carbonyl (C=O) groups excluding carboxylic acids is 2. The van der Waals surface area contributed by atoms with Gasteiger partial charge in [-0.15, -0.1) is 0 Å². The van der Waals surface area contributed by atoms with Crippen molar-refractivity contribution in [3.63, 3.8) is 0 Å². The Bertz CT molecular complexity index is 3000. The summed E-state index contributed by atoms with van der Waals surface area (Å²) in [6, 6.07) is 13.8. The van der Waals surface area contributed by atoms with Crippen molar-refractivity contribution in [1.29, 1.82) is 0 Å². The second kappa shape index (κ2) is 13.6. The smallest absolute Gasteiger partial charge is 0.303 e. The number of ketones is 2. The highest BCUT2D eigenvalue weighted by molar-refractivity contribution is 7.91. The van der Waals surface area contributed by atoms with Crippen LogP contribution in [0.25, 0.3) is 22.0 Å². The van der Waals surface area contributed by atoms with Crippen LogP contribution in [-0.4, -0.2) is 80.7 Å². The number of aromatic amines is 1. The summed E-state index contributed by atoms with van der Waals surface area (Å²) in [6.07, 6.45) is -1.19. The van der Waals surface area contributed by atoms with E-state index in [-0.39, 0.29) is 34.4 Å². The molecule has 0 saturated carbocycles. The van der Waals surface area contributed by atoms with Crippen molar-refractivity contribution in [2.45, 2.75) is 32.4 Å². The second-order valence-corrected chi connectivity index (χ2v) is 18.3. The van der Waals surface area contributed by atoms with Crippen LogP contribution >= 0.6 is 0 Å². The Kier molecular flexibility index (Phi) is 9.66. The number of carboxylic acids is 1. The van der Waals surface area contributed by atoms with Gasteiger partial charge in [-0.3, -0.25) is 32.8 Å². The minimum absolute atomic E-state index is 0.0163. The molecular formula is C33H24N2O16S4. The van der Waals surface area contributed by atoms with E-state index in [0.29, 0.717) is 6.07 Å². The molecule has 55 heavy (non-hydrogen) atoms. The highest BCUT2D eigenvalue weighted by Gasteiger charge is 2.37. The molecule has 1 aromatic heterocycles. The zero-order valence-electron chi connectivity index (χ0n) is 27.4. The number of rotatable bonds is 12. The molecule has 0 fully saturated rings. The molecular weight excluding hydrogens is 809 g/mol. The summed E-state index contributed by atoms with van der Waals surface area (Å²) >= 11 is 0. The molecule has 0 amide bonds. The Hall–Kier alpha value is -5.62. The van der Waals surface area contributed by atoms with E-state index in [1.165, 1.54) is 48.5 Å². The van der Waals surface area contributed by atoms with Crippen molar-refractivity contribution in [1.82, 2.24) is 4.98 Å². The minimum atomic E-state index is -5.71. The lowest BCUT2D eigenvalue weighted by Crippen LogP contribution is -2.25. The number of H-pyrrole nitrogens is 1. The first-order valence-corrected chi connectivity index (χ1v) is 21.3. The van der Waals surface area contributed by atoms with Crippen LogP contribution < -0.4 is 10.9 Å². The summed E-state index contributed by atoms with van der Waals surface area (Å²) < 4.78 is 134. The summed E-state index contributed by atoms with van der Waals surface area (Å²) in [4.78, 5) is 49.8. The highest BCUT2D eigenvalue weighted by Crippen LogP contribution is 2.46. The van der Waals surface area contributed by atoms with Gasteiger partial charge in [-0.25, -0.2) is 8.42 Å². The molecule has 1 heterocycles. The van der Waals surface area contributed by atoms with Gasteiger partial charge in [0.15, 0.2) is 21.4 Å². The predicted octanol–water partition coefficient (Wildman–Crippen LogP) is 3.09. The number of hydrogen-bond acceptors (Lipinski definition) is 13. The molecule has 0 unspecified atom stereocenters. The molecule has 1 aliphatic rings. The molecule has 0 radical (unpaired) electrons. The first-order chi connectivity index (χ1) is 25.5. The van der Waals surface area contributed by atoms with Gasteiger partial charge in [0.2, 0.25) is 0 Å². The van der Waals surface area contributed by atoms with Crippen LogP contribution in [0.15, 0.2) is 97.2 Å². The molecule has 0 bridgehead atoms. The zero-order valence-corrected chi connectivity index (χ0v) is 30.6. The van der Waals surface area contributed by atoms with E-state index in [0.717, 1.165) is 0 Å². The molecule has 22 heteroatoms. The van der Waals surface area contributed by atoms with Crippen molar-refractivity contribution >= 4 is 80.0 Å². The Morgan fingerprint density at radius 3 is 1.78 bits per heavy atom. The van der Waals surface area contributed by atoms with E-state index in [4.69, 9.17) is 5.11 Å². The maximum Gasteiger partial charge on any atom is 0.303 e. The van der Waals surface area contributed by atoms with Crippen LogP contribution in [0.2, 0.25) is 0 Å². The Morgan fingerprint density at radius 1 is 0.691 bits per heavy atom. The molecule has 6 rings (SSSR count). The Labute approximate surface area is 310 Å². The number of aromatic nitrogens is 1. The van der Waals surface area contributed by atoms with Crippen LogP contribution in [-0.2, 0) is 45.0 Å². The highest BCUT2D eigenvalue weighted by atomic mass is 32.2. The summed E-state index contributed by atoms with van der Waals surface area (Å²) in [7, 11) is -21.6. The number of benzene rings is 4. The monoisotopic (exact) mass is 832 g/mol. The number of sulfone groups is 1. The van der Waals surface area contributed by atoms with Crippen molar-refractivity contribution in [3.05, 3.63) is 105 Å². The van der Waals surface area contributed by atoms with Gasteiger partial charge in [-0.2, -0.15) is 25.3 Å². The van der Waals surface area contributed by atoms with E-state index in [9.17, 15) is 66.5 Å². The molecule has 4 aromatic carbocycles. The zero-order chi connectivity index (χ0) is 40.4.